The first-order chi connectivity index (χ1) is 8.52. The molecule has 0 saturated carbocycles. The SMILES string of the molecule is CC(C)CC(CN)Nc1ncccc1OC(C)C. The first kappa shape index (κ1) is 14.8. The smallest absolute Gasteiger partial charge is 0.169 e. The van der Waals surface area contributed by atoms with Crippen LogP contribution in [0.2, 0.25) is 0 Å². The van der Waals surface area contributed by atoms with Gasteiger partial charge in [-0.05, 0) is 38.3 Å². The fourth-order valence-electron chi connectivity index (χ4n) is 1.82. The fourth-order valence-corrected chi connectivity index (χ4v) is 1.82. The highest BCUT2D eigenvalue weighted by molar-refractivity contribution is 5.50. The molecule has 1 aromatic heterocycles. The lowest BCUT2D eigenvalue weighted by atomic mass is 10.0. The van der Waals surface area contributed by atoms with Crippen LogP contribution in [-0.4, -0.2) is 23.7 Å². The summed E-state index contributed by atoms with van der Waals surface area (Å²) in [6.07, 6.45) is 2.92. The number of hydrogen-bond acceptors (Lipinski definition) is 4. The molecule has 1 atom stereocenters. The summed E-state index contributed by atoms with van der Waals surface area (Å²) in [5.74, 6) is 2.17. The zero-order valence-electron chi connectivity index (χ0n) is 11.8. The molecule has 18 heavy (non-hydrogen) atoms. The Morgan fingerprint density at radius 3 is 2.61 bits per heavy atom. The van der Waals surface area contributed by atoms with Crippen LogP contribution in [0.25, 0.3) is 0 Å². The monoisotopic (exact) mass is 251 g/mol. The number of anilines is 1. The molecule has 1 rings (SSSR count). The van der Waals surface area contributed by atoms with E-state index in [0.29, 0.717) is 12.5 Å². The molecule has 0 saturated heterocycles. The van der Waals surface area contributed by atoms with Crippen LogP contribution in [0, 0.1) is 5.92 Å². The summed E-state index contributed by atoms with van der Waals surface area (Å²) < 4.78 is 5.73. The lowest BCUT2D eigenvalue weighted by Crippen LogP contribution is -2.31. The molecule has 0 fully saturated rings. The van der Waals surface area contributed by atoms with Crippen molar-refractivity contribution in [2.75, 3.05) is 11.9 Å². The van der Waals surface area contributed by atoms with E-state index in [1.807, 2.05) is 26.0 Å². The Morgan fingerprint density at radius 2 is 2.06 bits per heavy atom. The number of pyridine rings is 1. The normalized spacial score (nSPS) is 12.8. The second kappa shape index (κ2) is 7.21. The number of hydrogen-bond donors (Lipinski definition) is 2. The molecule has 0 aliphatic rings. The largest absolute Gasteiger partial charge is 0.487 e. The minimum absolute atomic E-state index is 0.135. The fraction of sp³-hybridized carbons (Fsp3) is 0.643. The van der Waals surface area contributed by atoms with Crippen molar-refractivity contribution < 1.29 is 4.74 Å². The number of nitrogens with one attached hydrogen (secondary N) is 1. The predicted octanol–water partition coefficient (Wildman–Crippen LogP) is 2.65. The van der Waals surface area contributed by atoms with E-state index < -0.39 is 0 Å². The van der Waals surface area contributed by atoms with E-state index in [1.54, 1.807) is 6.20 Å². The van der Waals surface area contributed by atoms with Gasteiger partial charge >= 0.3 is 0 Å². The van der Waals surface area contributed by atoms with E-state index in [0.717, 1.165) is 18.0 Å². The van der Waals surface area contributed by atoms with Crippen LogP contribution < -0.4 is 15.8 Å². The Morgan fingerprint density at radius 1 is 1.33 bits per heavy atom. The number of nitrogens with zero attached hydrogens (tertiary/aromatic N) is 1. The van der Waals surface area contributed by atoms with Gasteiger partial charge in [-0.25, -0.2) is 4.98 Å². The topological polar surface area (TPSA) is 60.2 Å². The van der Waals surface area contributed by atoms with Crippen molar-refractivity contribution in [2.24, 2.45) is 11.7 Å². The summed E-state index contributed by atoms with van der Waals surface area (Å²) in [5, 5.41) is 3.37. The van der Waals surface area contributed by atoms with Gasteiger partial charge in [-0.3, -0.25) is 0 Å². The zero-order chi connectivity index (χ0) is 13.5. The van der Waals surface area contributed by atoms with Crippen molar-refractivity contribution in [3.05, 3.63) is 18.3 Å². The van der Waals surface area contributed by atoms with Crippen LogP contribution in [0.1, 0.15) is 34.1 Å². The molecule has 1 aromatic rings. The highest BCUT2D eigenvalue weighted by atomic mass is 16.5. The summed E-state index contributed by atoms with van der Waals surface area (Å²) in [6.45, 7) is 8.98. The number of rotatable bonds is 7. The molecule has 0 aromatic carbocycles. The molecule has 4 heteroatoms. The van der Waals surface area contributed by atoms with Gasteiger partial charge in [-0.2, -0.15) is 0 Å². The maximum atomic E-state index is 5.79. The Bertz CT molecular complexity index is 353. The molecule has 1 unspecified atom stereocenters. The molecule has 1 heterocycles. The predicted molar refractivity (Wildman–Crippen MR) is 75.9 cm³/mol. The van der Waals surface area contributed by atoms with Crippen LogP contribution in [-0.2, 0) is 0 Å². The van der Waals surface area contributed by atoms with Gasteiger partial charge in [-0.1, -0.05) is 13.8 Å². The highest BCUT2D eigenvalue weighted by Gasteiger charge is 2.13. The van der Waals surface area contributed by atoms with Crippen molar-refractivity contribution in [3.63, 3.8) is 0 Å². The van der Waals surface area contributed by atoms with Crippen molar-refractivity contribution >= 4 is 5.82 Å². The maximum Gasteiger partial charge on any atom is 0.169 e. The van der Waals surface area contributed by atoms with Gasteiger partial charge in [0.15, 0.2) is 11.6 Å². The van der Waals surface area contributed by atoms with Gasteiger partial charge in [-0.15, -0.1) is 0 Å². The molecule has 0 aliphatic heterocycles. The second-order valence-electron chi connectivity index (χ2n) is 5.22. The third-order valence-corrected chi connectivity index (χ3v) is 2.51. The zero-order valence-corrected chi connectivity index (χ0v) is 11.8. The summed E-state index contributed by atoms with van der Waals surface area (Å²) in [7, 11) is 0. The van der Waals surface area contributed by atoms with Crippen molar-refractivity contribution in [3.8, 4) is 5.75 Å². The quantitative estimate of drug-likeness (QED) is 0.782. The van der Waals surface area contributed by atoms with Gasteiger partial charge < -0.3 is 15.8 Å². The minimum Gasteiger partial charge on any atom is -0.487 e. The van der Waals surface area contributed by atoms with Crippen LogP contribution in [0.4, 0.5) is 5.82 Å². The van der Waals surface area contributed by atoms with E-state index in [1.165, 1.54) is 0 Å². The van der Waals surface area contributed by atoms with Gasteiger partial charge in [0.2, 0.25) is 0 Å². The highest BCUT2D eigenvalue weighted by Crippen LogP contribution is 2.23. The van der Waals surface area contributed by atoms with Gasteiger partial charge in [0.25, 0.3) is 0 Å². The Kier molecular flexibility index (Phi) is 5.92. The van der Waals surface area contributed by atoms with Crippen LogP contribution in [0.3, 0.4) is 0 Å². The van der Waals surface area contributed by atoms with Gasteiger partial charge in [0.05, 0.1) is 6.10 Å². The number of aromatic nitrogens is 1. The Labute approximate surface area is 110 Å². The minimum atomic E-state index is 0.135. The average Bonchev–Trinajstić information content (AvgIpc) is 2.29. The first-order valence-electron chi connectivity index (χ1n) is 6.61. The molecule has 4 nitrogen and oxygen atoms in total. The van der Waals surface area contributed by atoms with E-state index in [9.17, 15) is 0 Å². The molecule has 3 N–H and O–H groups in total. The lowest BCUT2D eigenvalue weighted by Gasteiger charge is -2.21. The molecule has 0 aliphatic carbocycles. The Balaban J connectivity index is 2.75. The van der Waals surface area contributed by atoms with Gasteiger partial charge in [0.1, 0.15) is 0 Å². The van der Waals surface area contributed by atoms with Crippen LogP contribution in [0.5, 0.6) is 5.75 Å². The number of ether oxygens (including phenoxy) is 1. The molecular weight excluding hydrogens is 226 g/mol. The molecule has 0 amide bonds. The standard InChI is InChI=1S/C14H25N3O/c1-10(2)8-12(9-15)17-14-13(18-11(3)4)6-5-7-16-14/h5-7,10-12H,8-9,15H2,1-4H3,(H,16,17). The van der Waals surface area contributed by atoms with E-state index in [2.05, 4.69) is 24.1 Å². The number of nitrogens with two attached hydrogens (primary N) is 1. The van der Waals surface area contributed by atoms with Crippen molar-refractivity contribution in [1.29, 1.82) is 0 Å². The Hall–Kier alpha value is -1.29. The summed E-state index contributed by atoms with van der Waals surface area (Å²) in [4.78, 5) is 4.34. The van der Waals surface area contributed by atoms with E-state index in [-0.39, 0.29) is 12.1 Å². The summed E-state index contributed by atoms with van der Waals surface area (Å²) in [6, 6.07) is 4.04. The lowest BCUT2D eigenvalue weighted by molar-refractivity contribution is 0.242. The molecule has 0 spiro atoms. The van der Waals surface area contributed by atoms with Crippen LogP contribution in [0.15, 0.2) is 18.3 Å². The molecule has 102 valence electrons. The molecule has 0 radical (unpaired) electrons. The third-order valence-electron chi connectivity index (χ3n) is 2.51. The summed E-state index contributed by atoms with van der Waals surface area (Å²) in [5.41, 5.74) is 5.79. The molecule has 0 bridgehead atoms. The van der Waals surface area contributed by atoms with E-state index in [4.69, 9.17) is 10.5 Å². The first-order valence-corrected chi connectivity index (χ1v) is 6.61. The summed E-state index contributed by atoms with van der Waals surface area (Å²) >= 11 is 0. The maximum absolute atomic E-state index is 5.79. The molecular formula is C14H25N3O. The average molecular weight is 251 g/mol. The van der Waals surface area contributed by atoms with Crippen molar-refractivity contribution in [2.45, 2.75) is 46.3 Å². The second-order valence-corrected chi connectivity index (χ2v) is 5.22. The third kappa shape index (κ3) is 4.92. The van der Waals surface area contributed by atoms with Gasteiger partial charge in [0, 0.05) is 18.8 Å². The van der Waals surface area contributed by atoms with Crippen molar-refractivity contribution in [1.82, 2.24) is 4.98 Å². The van der Waals surface area contributed by atoms with E-state index >= 15 is 0 Å². The van der Waals surface area contributed by atoms with Crippen LogP contribution >= 0.6 is 0 Å².